The standard InChI is InChI=1S/C32H25BrN6O/c1-20-28-29(21-11-10-12-22(33)19-21)38-26-17-8-6-15-24(26)34-30(35-25-16-7-9-18-27(25)40-2)32(38)36-31(28)39(37-20)23-13-4-3-5-14-23/h3-19,29H,1-2H3,(H,34,35). The molecule has 2 aliphatic rings. The molecule has 0 spiro atoms. The molecule has 1 aromatic heterocycles. The van der Waals surface area contributed by atoms with E-state index in [1.54, 1.807) is 7.11 Å². The first-order valence-electron chi connectivity index (χ1n) is 13.0. The minimum atomic E-state index is -0.191. The Kier molecular flexibility index (Phi) is 5.97. The Labute approximate surface area is 240 Å². The van der Waals surface area contributed by atoms with E-state index >= 15 is 0 Å². The quantitative estimate of drug-likeness (QED) is 0.233. The fourth-order valence-corrected chi connectivity index (χ4v) is 5.83. The van der Waals surface area contributed by atoms with Crippen molar-refractivity contribution in [1.82, 2.24) is 9.78 Å². The highest BCUT2D eigenvalue weighted by Crippen LogP contribution is 2.48. The fraction of sp³-hybridized carbons (Fsp3) is 0.0938. The first-order chi connectivity index (χ1) is 19.6. The number of rotatable bonds is 4. The van der Waals surface area contributed by atoms with Gasteiger partial charge in [0.15, 0.2) is 17.5 Å². The number of aryl methyl sites for hydroxylation is 1. The third-order valence-corrected chi connectivity index (χ3v) is 7.66. The minimum Gasteiger partial charge on any atom is -0.495 e. The van der Waals surface area contributed by atoms with Crippen molar-refractivity contribution in [3.63, 3.8) is 0 Å². The van der Waals surface area contributed by atoms with Crippen molar-refractivity contribution < 1.29 is 4.74 Å². The third kappa shape index (κ3) is 3.99. The van der Waals surface area contributed by atoms with E-state index in [1.807, 2.05) is 83.5 Å². The van der Waals surface area contributed by atoms with Crippen LogP contribution in [-0.4, -0.2) is 28.6 Å². The molecule has 0 radical (unpaired) electrons. The Morgan fingerprint density at radius 1 is 0.850 bits per heavy atom. The van der Waals surface area contributed by atoms with Crippen LogP contribution in [-0.2, 0) is 0 Å². The zero-order chi connectivity index (χ0) is 27.2. The normalized spacial score (nSPS) is 15.4. The van der Waals surface area contributed by atoms with E-state index in [4.69, 9.17) is 19.8 Å². The fourth-order valence-electron chi connectivity index (χ4n) is 5.41. The van der Waals surface area contributed by atoms with E-state index in [2.05, 4.69) is 57.3 Å². The molecular formula is C32H25BrN6O. The van der Waals surface area contributed by atoms with Crippen molar-refractivity contribution in [1.29, 1.82) is 0 Å². The second kappa shape index (κ2) is 9.81. The van der Waals surface area contributed by atoms with Crippen LogP contribution in [0.2, 0.25) is 0 Å². The predicted molar refractivity (Wildman–Crippen MR) is 164 cm³/mol. The van der Waals surface area contributed by atoms with E-state index in [0.717, 1.165) is 55.6 Å². The maximum absolute atomic E-state index is 5.64. The number of halogens is 1. The van der Waals surface area contributed by atoms with Crippen molar-refractivity contribution in [2.24, 2.45) is 9.98 Å². The molecule has 1 N–H and O–H groups in total. The molecule has 5 aromatic rings. The Bertz CT molecular complexity index is 1810. The number of hydrogen-bond acceptors (Lipinski definition) is 6. The van der Waals surface area contributed by atoms with Gasteiger partial charge < -0.3 is 15.0 Å². The van der Waals surface area contributed by atoms with Crippen molar-refractivity contribution in [2.45, 2.75) is 13.0 Å². The molecule has 4 aromatic carbocycles. The topological polar surface area (TPSA) is 67.0 Å². The summed E-state index contributed by atoms with van der Waals surface area (Å²) < 4.78 is 8.58. The van der Waals surface area contributed by atoms with Gasteiger partial charge in [-0.1, -0.05) is 70.5 Å². The number of amidine groups is 2. The van der Waals surface area contributed by atoms with Gasteiger partial charge in [-0.2, -0.15) is 5.10 Å². The van der Waals surface area contributed by atoms with Crippen LogP contribution in [0.4, 0.5) is 22.9 Å². The lowest BCUT2D eigenvalue weighted by Crippen LogP contribution is -2.46. The number of benzene rings is 4. The van der Waals surface area contributed by atoms with Crippen LogP contribution in [0.5, 0.6) is 5.75 Å². The summed E-state index contributed by atoms with van der Waals surface area (Å²) >= 11 is 3.70. The van der Waals surface area contributed by atoms with Gasteiger partial charge >= 0.3 is 0 Å². The van der Waals surface area contributed by atoms with Gasteiger partial charge in [-0.15, -0.1) is 0 Å². The molecule has 0 saturated carbocycles. The summed E-state index contributed by atoms with van der Waals surface area (Å²) in [5, 5.41) is 8.54. The maximum atomic E-state index is 5.64. The first kappa shape index (κ1) is 24.4. The van der Waals surface area contributed by atoms with Crippen molar-refractivity contribution >= 4 is 50.5 Å². The summed E-state index contributed by atoms with van der Waals surface area (Å²) in [6.07, 6.45) is 0. The number of anilines is 2. The van der Waals surface area contributed by atoms with Gasteiger partial charge in [0, 0.05) is 10.0 Å². The lowest BCUT2D eigenvalue weighted by atomic mass is 9.93. The van der Waals surface area contributed by atoms with Gasteiger partial charge in [-0.3, -0.25) is 0 Å². The number of aromatic nitrogens is 2. The molecule has 196 valence electrons. The van der Waals surface area contributed by atoms with Gasteiger partial charge in [0.2, 0.25) is 0 Å². The summed E-state index contributed by atoms with van der Waals surface area (Å²) in [4.78, 5) is 12.6. The van der Waals surface area contributed by atoms with Crippen LogP contribution in [0.15, 0.2) is 118 Å². The van der Waals surface area contributed by atoms with Crippen molar-refractivity contribution in [3.05, 3.63) is 124 Å². The summed E-state index contributed by atoms with van der Waals surface area (Å²) in [7, 11) is 1.67. The first-order valence-corrected chi connectivity index (χ1v) is 13.8. The molecule has 40 heavy (non-hydrogen) atoms. The predicted octanol–water partition coefficient (Wildman–Crippen LogP) is 7.75. The van der Waals surface area contributed by atoms with E-state index in [1.165, 1.54) is 0 Å². The highest BCUT2D eigenvalue weighted by atomic mass is 79.9. The van der Waals surface area contributed by atoms with Crippen molar-refractivity contribution in [3.8, 4) is 11.4 Å². The van der Waals surface area contributed by atoms with Crippen LogP contribution in [0, 0.1) is 6.92 Å². The minimum absolute atomic E-state index is 0.191. The molecule has 3 heterocycles. The molecule has 8 heteroatoms. The molecule has 0 fully saturated rings. The molecule has 7 nitrogen and oxygen atoms in total. The van der Waals surface area contributed by atoms with Gasteiger partial charge in [-0.25, -0.2) is 14.7 Å². The average molecular weight is 589 g/mol. The molecule has 0 aliphatic carbocycles. The van der Waals surface area contributed by atoms with Gasteiger partial charge in [0.25, 0.3) is 0 Å². The number of nitrogens with one attached hydrogen (secondary N) is 1. The van der Waals surface area contributed by atoms with Gasteiger partial charge in [0.1, 0.15) is 5.75 Å². The second-order valence-corrected chi connectivity index (χ2v) is 10.5. The molecule has 1 atom stereocenters. The SMILES string of the molecule is COc1ccccc1NC1=Nc2ccccc2N2C1=Nc1c(c(C)nn1-c1ccccc1)C2c1cccc(Br)c1. The molecule has 0 saturated heterocycles. The number of ether oxygens (including phenoxy) is 1. The lowest BCUT2D eigenvalue weighted by molar-refractivity contribution is 0.417. The van der Waals surface area contributed by atoms with Crippen LogP contribution in [0.25, 0.3) is 5.69 Å². The zero-order valence-corrected chi connectivity index (χ0v) is 23.5. The van der Waals surface area contributed by atoms with Gasteiger partial charge in [0.05, 0.1) is 41.6 Å². The molecule has 0 amide bonds. The Hall–Kier alpha value is -4.69. The lowest BCUT2D eigenvalue weighted by Gasteiger charge is -2.40. The van der Waals surface area contributed by atoms with Gasteiger partial charge in [-0.05, 0) is 61.0 Å². The maximum Gasteiger partial charge on any atom is 0.179 e. The largest absolute Gasteiger partial charge is 0.495 e. The monoisotopic (exact) mass is 588 g/mol. The van der Waals surface area contributed by atoms with Crippen LogP contribution in [0.3, 0.4) is 0 Å². The second-order valence-electron chi connectivity index (χ2n) is 9.61. The summed E-state index contributed by atoms with van der Waals surface area (Å²) in [5.74, 6) is 2.85. The van der Waals surface area contributed by atoms with E-state index in [9.17, 15) is 0 Å². The molecule has 7 rings (SSSR count). The molecule has 0 bridgehead atoms. The number of nitrogens with zero attached hydrogens (tertiary/aromatic N) is 5. The summed E-state index contributed by atoms with van der Waals surface area (Å²) in [6.45, 7) is 2.06. The molecular weight excluding hydrogens is 564 g/mol. The Balaban J connectivity index is 1.51. The number of methoxy groups -OCH3 is 1. The molecule has 2 aliphatic heterocycles. The summed E-state index contributed by atoms with van der Waals surface area (Å²) in [6, 6.07) is 34.4. The Morgan fingerprint density at radius 2 is 1.62 bits per heavy atom. The van der Waals surface area contributed by atoms with Crippen LogP contribution >= 0.6 is 15.9 Å². The third-order valence-electron chi connectivity index (χ3n) is 7.16. The average Bonchev–Trinajstić information content (AvgIpc) is 3.32. The number of hydrogen-bond donors (Lipinski definition) is 1. The smallest absolute Gasteiger partial charge is 0.179 e. The van der Waals surface area contributed by atoms with E-state index < -0.39 is 0 Å². The number of fused-ring (bicyclic) bond motifs is 4. The summed E-state index contributed by atoms with van der Waals surface area (Å²) in [5.41, 5.74) is 6.69. The van der Waals surface area contributed by atoms with E-state index in [0.29, 0.717) is 11.7 Å². The van der Waals surface area contributed by atoms with E-state index in [-0.39, 0.29) is 6.04 Å². The molecule has 1 unspecified atom stereocenters. The zero-order valence-electron chi connectivity index (χ0n) is 21.9. The highest BCUT2D eigenvalue weighted by molar-refractivity contribution is 9.10. The highest BCUT2D eigenvalue weighted by Gasteiger charge is 2.41. The van der Waals surface area contributed by atoms with Crippen LogP contribution < -0.4 is 15.0 Å². The Morgan fingerprint density at radius 3 is 2.45 bits per heavy atom. The van der Waals surface area contributed by atoms with Crippen molar-refractivity contribution in [2.75, 3.05) is 17.3 Å². The number of para-hydroxylation sites is 5. The van der Waals surface area contributed by atoms with Crippen LogP contribution in [0.1, 0.15) is 22.9 Å². The number of aliphatic imine (C=N–C) groups is 2.